The highest BCUT2D eigenvalue weighted by Crippen LogP contribution is 2.27. The molecular weight excluding hydrogens is 368 g/mol. The van der Waals surface area contributed by atoms with E-state index in [1.165, 1.54) is 12.0 Å². The number of nitrogens with one attached hydrogen (secondary N) is 1. The molecule has 6 heteroatoms. The third-order valence-electron chi connectivity index (χ3n) is 4.59. The topological polar surface area (TPSA) is 90.7 Å². The predicted molar refractivity (Wildman–Crippen MR) is 113 cm³/mol. The maximum absolute atomic E-state index is 11.1. The Morgan fingerprint density at radius 1 is 1.21 bits per heavy atom. The number of aryl methyl sites for hydroxylation is 1. The number of nitrogens with zero attached hydrogens (tertiary/aromatic N) is 1. The van der Waals surface area contributed by atoms with E-state index in [-0.39, 0.29) is 6.42 Å². The van der Waals surface area contributed by atoms with E-state index in [0.717, 1.165) is 29.5 Å². The number of hydrogen-bond acceptors (Lipinski definition) is 4. The van der Waals surface area contributed by atoms with Gasteiger partial charge >= 0.3 is 5.97 Å². The summed E-state index contributed by atoms with van der Waals surface area (Å²) < 4.78 is 5.25. The molecule has 0 unspecified atom stereocenters. The average molecular weight is 394 g/mol. The van der Waals surface area contributed by atoms with Gasteiger partial charge in [-0.25, -0.2) is 0 Å². The highest BCUT2D eigenvalue weighted by atomic mass is 16.5. The van der Waals surface area contributed by atoms with Crippen LogP contribution in [0.25, 0.3) is 11.1 Å². The lowest BCUT2D eigenvalue weighted by Crippen LogP contribution is -2.28. The van der Waals surface area contributed by atoms with Gasteiger partial charge in [-0.2, -0.15) is 0 Å². The molecule has 2 aromatic rings. The van der Waals surface area contributed by atoms with Gasteiger partial charge in [-0.15, -0.1) is 6.58 Å². The van der Waals surface area contributed by atoms with Crippen LogP contribution in [0.15, 0.2) is 55.1 Å². The second kappa shape index (κ2) is 10.8. The van der Waals surface area contributed by atoms with Crippen molar-refractivity contribution < 1.29 is 19.4 Å². The zero-order valence-corrected chi connectivity index (χ0v) is 16.6. The number of rotatable bonds is 11. The molecule has 2 aromatic carbocycles. The summed E-state index contributed by atoms with van der Waals surface area (Å²) in [4.78, 5) is 23.4. The van der Waals surface area contributed by atoms with Gasteiger partial charge in [0.15, 0.2) is 0 Å². The molecule has 0 aliphatic carbocycles. The van der Waals surface area contributed by atoms with Crippen molar-refractivity contribution in [2.75, 3.05) is 13.7 Å². The fourth-order valence-electron chi connectivity index (χ4n) is 3.08. The molecule has 0 heterocycles. The van der Waals surface area contributed by atoms with E-state index in [0.29, 0.717) is 36.5 Å². The van der Waals surface area contributed by atoms with Crippen LogP contribution in [0.1, 0.15) is 24.0 Å². The zero-order valence-electron chi connectivity index (χ0n) is 16.6. The summed E-state index contributed by atoms with van der Waals surface area (Å²) >= 11 is 0. The average Bonchev–Trinajstić information content (AvgIpc) is 2.72. The number of benzene rings is 2. The van der Waals surface area contributed by atoms with Gasteiger partial charge in [0.05, 0.1) is 13.5 Å². The van der Waals surface area contributed by atoms with Crippen molar-refractivity contribution in [2.24, 2.45) is 0 Å². The molecular formula is C23H26N2O4. The molecule has 0 aromatic heterocycles. The number of carbonyl (C=O) groups excluding carboxylic acids is 1. The Hall–Kier alpha value is -3.41. The fourth-order valence-corrected chi connectivity index (χ4v) is 3.08. The van der Waals surface area contributed by atoms with Crippen molar-refractivity contribution in [1.82, 2.24) is 4.90 Å². The van der Waals surface area contributed by atoms with Gasteiger partial charge in [0.2, 0.25) is 6.41 Å². The highest BCUT2D eigenvalue weighted by molar-refractivity contribution is 5.88. The summed E-state index contributed by atoms with van der Waals surface area (Å²) in [5.41, 5.74) is 3.71. The lowest BCUT2D eigenvalue weighted by atomic mass is 9.98. The van der Waals surface area contributed by atoms with E-state index in [1.807, 2.05) is 36.4 Å². The summed E-state index contributed by atoms with van der Waals surface area (Å²) in [7, 11) is 1.53. The standard InChI is InChI=1S/C23H26N2O4/c1-3-13-25(16-26)22(24)6-4-5-17-7-9-18(10-8-17)19-11-12-21(29-2)20(14-19)15-23(27)28/h3,7-12,14,16,24H,1,4-6,13,15H2,2H3,(H,27,28). The number of methoxy groups -OCH3 is 1. The summed E-state index contributed by atoms with van der Waals surface area (Å²) in [5, 5.41) is 17.0. The van der Waals surface area contributed by atoms with Gasteiger partial charge in [0.25, 0.3) is 0 Å². The van der Waals surface area contributed by atoms with Crippen LogP contribution >= 0.6 is 0 Å². The van der Waals surface area contributed by atoms with Crippen molar-refractivity contribution in [2.45, 2.75) is 25.7 Å². The van der Waals surface area contributed by atoms with Crippen LogP contribution < -0.4 is 4.74 Å². The Morgan fingerprint density at radius 2 is 1.90 bits per heavy atom. The van der Waals surface area contributed by atoms with E-state index < -0.39 is 5.97 Å². The number of amides is 1. The molecule has 0 saturated heterocycles. The largest absolute Gasteiger partial charge is 0.496 e. The molecule has 2 N–H and O–H groups in total. The van der Waals surface area contributed by atoms with Gasteiger partial charge in [-0.3, -0.25) is 19.9 Å². The molecule has 0 saturated carbocycles. The summed E-state index contributed by atoms with van der Waals surface area (Å²) in [6.07, 6.45) is 4.26. The molecule has 0 aliphatic rings. The number of ether oxygens (including phenoxy) is 1. The minimum Gasteiger partial charge on any atom is -0.496 e. The zero-order chi connectivity index (χ0) is 21.2. The first-order valence-corrected chi connectivity index (χ1v) is 9.36. The number of aliphatic carboxylic acids is 1. The summed E-state index contributed by atoms with van der Waals surface area (Å²) in [5.74, 6) is -0.0423. The van der Waals surface area contributed by atoms with Crippen LogP contribution in [0.5, 0.6) is 5.75 Å². The molecule has 0 spiro atoms. The normalized spacial score (nSPS) is 10.2. The van der Waals surface area contributed by atoms with Crippen molar-refractivity contribution >= 4 is 18.2 Å². The van der Waals surface area contributed by atoms with Crippen LogP contribution in [-0.4, -0.2) is 41.9 Å². The first kappa shape index (κ1) is 21.9. The van der Waals surface area contributed by atoms with Crippen LogP contribution in [0.4, 0.5) is 0 Å². The molecule has 0 fully saturated rings. The van der Waals surface area contributed by atoms with Crippen LogP contribution in [-0.2, 0) is 22.4 Å². The lowest BCUT2D eigenvalue weighted by molar-refractivity contribution is -0.136. The number of hydrogen-bond donors (Lipinski definition) is 2. The number of carboxylic acid groups (broad SMARTS) is 1. The van der Waals surface area contributed by atoms with E-state index in [2.05, 4.69) is 6.58 Å². The van der Waals surface area contributed by atoms with E-state index in [9.17, 15) is 9.59 Å². The molecule has 29 heavy (non-hydrogen) atoms. The summed E-state index contributed by atoms with van der Waals surface area (Å²) in [6, 6.07) is 13.6. The summed E-state index contributed by atoms with van der Waals surface area (Å²) in [6.45, 7) is 3.94. The maximum atomic E-state index is 11.1. The first-order chi connectivity index (χ1) is 14.0. The minimum atomic E-state index is -0.900. The van der Waals surface area contributed by atoms with Crippen molar-refractivity contribution in [1.29, 1.82) is 5.41 Å². The molecule has 2 rings (SSSR count). The van der Waals surface area contributed by atoms with E-state index >= 15 is 0 Å². The predicted octanol–water partition coefficient (Wildman–Crippen LogP) is 3.93. The van der Waals surface area contributed by atoms with Crippen LogP contribution in [0.3, 0.4) is 0 Å². The van der Waals surface area contributed by atoms with Crippen LogP contribution in [0, 0.1) is 5.41 Å². The van der Waals surface area contributed by atoms with Gasteiger partial charge < -0.3 is 9.84 Å². The Kier molecular flexibility index (Phi) is 8.15. The Bertz CT molecular complexity index is 875. The van der Waals surface area contributed by atoms with Crippen molar-refractivity contribution in [3.05, 3.63) is 66.2 Å². The van der Waals surface area contributed by atoms with Gasteiger partial charge in [0.1, 0.15) is 11.6 Å². The third kappa shape index (κ3) is 6.31. The van der Waals surface area contributed by atoms with Gasteiger partial charge in [-0.05, 0) is 41.7 Å². The Balaban J connectivity index is 2.01. The smallest absolute Gasteiger partial charge is 0.307 e. The second-order valence-corrected chi connectivity index (χ2v) is 6.64. The van der Waals surface area contributed by atoms with E-state index in [4.69, 9.17) is 15.3 Å². The van der Waals surface area contributed by atoms with Gasteiger partial charge in [0, 0.05) is 18.5 Å². The quantitative estimate of drug-likeness (QED) is 0.261. The molecule has 0 aliphatic heterocycles. The monoisotopic (exact) mass is 394 g/mol. The number of amidine groups is 1. The second-order valence-electron chi connectivity index (χ2n) is 6.64. The fraction of sp³-hybridized carbons (Fsp3) is 0.261. The van der Waals surface area contributed by atoms with Crippen molar-refractivity contribution in [3.63, 3.8) is 0 Å². The molecule has 0 bridgehead atoms. The third-order valence-corrected chi connectivity index (χ3v) is 4.59. The Morgan fingerprint density at radius 3 is 2.48 bits per heavy atom. The van der Waals surface area contributed by atoms with E-state index in [1.54, 1.807) is 12.1 Å². The van der Waals surface area contributed by atoms with Crippen LogP contribution in [0.2, 0.25) is 0 Å². The molecule has 152 valence electrons. The molecule has 0 atom stereocenters. The minimum absolute atomic E-state index is 0.0925. The first-order valence-electron chi connectivity index (χ1n) is 9.36. The molecule has 6 nitrogen and oxygen atoms in total. The number of carboxylic acids is 1. The molecule has 1 amide bonds. The van der Waals surface area contributed by atoms with Gasteiger partial charge in [-0.1, -0.05) is 36.4 Å². The molecule has 0 radical (unpaired) electrons. The Labute approximate surface area is 170 Å². The van der Waals surface area contributed by atoms with Crippen molar-refractivity contribution in [3.8, 4) is 16.9 Å². The SMILES string of the molecule is C=CCN(C=O)C(=N)CCCc1ccc(-c2ccc(OC)c(CC(=O)O)c2)cc1. The maximum Gasteiger partial charge on any atom is 0.307 e. The highest BCUT2D eigenvalue weighted by Gasteiger charge is 2.10. The lowest BCUT2D eigenvalue weighted by Gasteiger charge is -2.16. The number of carbonyl (C=O) groups is 2.